The number of thiocarbonyl (C=S) groups is 1. The lowest BCUT2D eigenvalue weighted by Crippen LogP contribution is -2.49. The first kappa shape index (κ1) is 26.6. The van der Waals surface area contributed by atoms with Gasteiger partial charge in [0.05, 0.1) is 44.7 Å². The molecule has 0 aliphatic carbocycles. The number of anilines is 2. The van der Waals surface area contributed by atoms with Gasteiger partial charge in [-0.3, -0.25) is 9.91 Å². The zero-order valence-electron chi connectivity index (χ0n) is 20.5. The highest BCUT2D eigenvalue weighted by molar-refractivity contribution is 7.80. The van der Waals surface area contributed by atoms with Gasteiger partial charge in [0.1, 0.15) is 17.9 Å². The number of urea groups is 1. The molecule has 3 aliphatic rings. The SMILES string of the molecule is COC(=S)NC[C@H]1CN(c2cc(F)c(N3CCNN(C(=O)NCC4=NOC(C)C4)CC3)c(F)c2)C(=O)O1. The van der Waals surface area contributed by atoms with Crippen LogP contribution >= 0.6 is 12.2 Å². The molecule has 15 heteroatoms. The molecule has 2 atom stereocenters. The topological polar surface area (TPSA) is 120 Å². The van der Waals surface area contributed by atoms with Crippen molar-refractivity contribution in [3.63, 3.8) is 0 Å². The molecule has 3 N–H and O–H groups in total. The molecule has 0 bridgehead atoms. The largest absolute Gasteiger partial charge is 0.474 e. The summed E-state index contributed by atoms with van der Waals surface area (Å²) >= 11 is 4.89. The van der Waals surface area contributed by atoms with Crippen LogP contribution in [0.15, 0.2) is 17.3 Å². The summed E-state index contributed by atoms with van der Waals surface area (Å²) < 4.78 is 40.4. The molecule has 0 radical (unpaired) electrons. The minimum absolute atomic E-state index is 0.0118. The Morgan fingerprint density at radius 3 is 2.70 bits per heavy atom. The quantitative estimate of drug-likeness (QED) is 0.458. The van der Waals surface area contributed by atoms with Crippen molar-refractivity contribution < 1.29 is 32.7 Å². The van der Waals surface area contributed by atoms with E-state index < -0.39 is 23.8 Å². The van der Waals surface area contributed by atoms with E-state index >= 15 is 8.78 Å². The Morgan fingerprint density at radius 1 is 1.27 bits per heavy atom. The summed E-state index contributed by atoms with van der Waals surface area (Å²) in [4.78, 5) is 32.6. The van der Waals surface area contributed by atoms with Gasteiger partial charge in [-0.15, -0.1) is 0 Å². The molecule has 12 nitrogen and oxygen atoms in total. The van der Waals surface area contributed by atoms with Crippen LogP contribution in [-0.2, 0) is 14.3 Å². The van der Waals surface area contributed by atoms with E-state index in [9.17, 15) is 9.59 Å². The summed E-state index contributed by atoms with van der Waals surface area (Å²) in [5.41, 5.74) is 3.52. The molecule has 1 aromatic rings. The lowest BCUT2D eigenvalue weighted by Gasteiger charge is -2.25. The Bertz CT molecular complexity index is 1050. The molecule has 0 saturated carbocycles. The lowest BCUT2D eigenvalue weighted by molar-refractivity contribution is 0.0995. The Balaban J connectivity index is 1.35. The molecule has 1 unspecified atom stereocenters. The zero-order valence-corrected chi connectivity index (χ0v) is 21.3. The number of hydrogen-bond donors (Lipinski definition) is 3. The predicted molar refractivity (Wildman–Crippen MR) is 135 cm³/mol. The first-order chi connectivity index (χ1) is 17.7. The summed E-state index contributed by atoms with van der Waals surface area (Å²) in [6.45, 7) is 3.34. The standard InChI is InChI=1S/C22H29F2N7O5S/c1-13-7-14(28-36-13)10-25-20(32)31-6-5-29(4-3-27-31)19-17(23)8-15(9-18(19)24)30-12-16(35-22(30)33)11-26-21(37)34-2/h8-9,13,16,27H,3-7,10-12H2,1-2H3,(H,25,32)(H,26,37)/t13?,16-/m0/s1. The van der Waals surface area contributed by atoms with E-state index in [-0.39, 0.29) is 74.5 Å². The minimum atomic E-state index is -0.823. The van der Waals surface area contributed by atoms with Crippen molar-refractivity contribution in [2.75, 3.05) is 62.7 Å². The summed E-state index contributed by atoms with van der Waals surface area (Å²) in [6.07, 6.45) is -0.657. The molecule has 202 valence electrons. The van der Waals surface area contributed by atoms with Crippen molar-refractivity contribution >= 4 is 46.6 Å². The number of cyclic esters (lactones) is 1. The second-order valence-corrected chi connectivity index (χ2v) is 9.10. The second kappa shape index (κ2) is 11.7. The molecule has 37 heavy (non-hydrogen) atoms. The molecule has 2 saturated heterocycles. The Kier molecular flexibility index (Phi) is 8.43. The highest BCUT2D eigenvalue weighted by atomic mass is 32.1. The van der Waals surface area contributed by atoms with Crippen LogP contribution in [-0.4, -0.2) is 93.2 Å². The summed E-state index contributed by atoms with van der Waals surface area (Å²) in [7, 11) is 1.41. The number of hydrogen-bond acceptors (Lipinski definition) is 9. The number of hydrazine groups is 1. The number of rotatable bonds is 6. The molecule has 3 heterocycles. The van der Waals surface area contributed by atoms with Gasteiger partial charge >= 0.3 is 12.1 Å². The first-order valence-electron chi connectivity index (χ1n) is 11.8. The molecule has 0 spiro atoms. The van der Waals surface area contributed by atoms with Crippen molar-refractivity contribution in [1.82, 2.24) is 21.1 Å². The van der Waals surface area contributed by atoms with Crippen molar-refractivity contribution in [3.8, 4) is 0 Å². The van der Waals surface area contributed by atoms with Gasteiger partial charge < -0.3 is 29.8 Å². The molecule has 3 aliphatic heterocycles. The van der Waals surface area contributed by atoms with E-state index in [0.717, 1.165) is 22.7 Å². The first-order valence-corrected chi connectivity index (χ1v) is 12.2. The van der Waals surface area contributed by atoms with E-state index in [1.54, 1.807) is 0 Å². The number of carbonyl (C=O) groups is 2. The maximum Gasteiger partial charge on any atom is 0.414 e. The van der Waals surface area contributed by atoms with Gasteiger partial charge in [0, 0.05) is 38.2 Å². The average molecular weight is 542 g/mol. The van der Waals surface area contributed by atoms with E-state index in [1.807, 2.05) is 6.92 Å². The Morgan fingerprint density at radius 2 is 2.03 bits per heavy atom. The van der Waals surface area contributed by atoms with E-state index in [2.05, 4.69) is 21.2 Å². The van der Waals surface area contributed by atoms with Crippen molar-refractivity contribution in [3.05, 3.63) is 23.8 Å². The van der Waals surface area contributed by atoms with Gasteiger partial charge in [-0.05, 0) is 19.1 Å². The number of oxime groups is 1. The van der Waals surface area contributed by atoms with Gasteiger partial charge in [0.25, 0.3) is 5.17 Å². The Hall–Kier alpha value is -3.46. The second-order valence-electron chi connectivity index (χ2n) is 8.73. The number of methoxy groups -OCH3 is 1. The van der Waals surface area contributed by atoms with Crippen LogP contribution in [0.25, 0.3) is 0 Å². The monoisotopic (exact) mass is 541 g/mol. The fourth-order valence-corrected chi connectivity index (χ4v) is 4.28. The molecule has 4 rings (SSSR count). The maximum atomic E-state index is 15.1. The third-order valence-electron chi connectivity index (χ3n) is 6.01. The van der Waals surface area contributed by atoms with Crippen LogP contribution in [0, 0.1) is 11.6 Å². The van der Waals surface area contributed by atoms with Crippen LogP contribution < -0.4 is 25.9 Å². The summed E-state index contributed by atoms with van der Waals surface area (Å²) in [6, 6.07) is 1.83. The third kappa shape index (κ3) is 6.46. The van der Waals surface area contributed by atoms with Crippen molar-refractivity contribution in [2.24, 2.45) is 5.16 Å². The van der Waals surface area contributed by atoms with Crippen LogP contribution in [0.3, 0.4) is 0 Å². The zero-order chi connectivity index (χ0) is 26.5. The van der Waals surface area contributed by atoms with E-state index in [1.165, 1.54) is 17.0 Å². The smallest absolute Gasteiger partial charge is 0.414 e. The van der Waals surface area contributed by atoms with Crippen LogP contribution in [0.5, 0.6) is 0 Å². The van der Waals surface area contributed by atoms with Crippen LogP contribution in [0.1, 0.15) is 13.3 Å². The fraction of sp³-hybridized carbons (Fsp3) is 0.545. The molecule has 3 amide bonds. The molecule has 0 aromatic heterocycles. The number of nitrogens with zero attached hydrogens (tertiary/aromatic N) is 4. The predicted octanol–water partition coefficient (Wildman–Crippen LogP) is 1.31. The maximum absolute atomic E-state index is 15.1. The minimum Gasteiger partial charge on any atom is -0.474 e. The number of amides is 3. The fourth-order valence-electron chi connectivity index (χ4n) is 4.19. The summed E-state index contributed by atoms with van der Waals surface area (Å²) in [5, 5.41) is 11.0. The van der Waals surface area contributed by atoms with Gasteiger partial charge in [-0.2, -0.15) is 0 Å². The van der Waals surface area contributed by atoms with Crippen LogP contribution in [0.4, 0.5) is 29.7 Å². The third-order valence-corrected chi connectivity index (χ3v) is 6.33. The number of ether oxygens (including phenoxy) is 2. The van der Waals surface area contributed by atoms with Gasteiger partial charge in [0.2, 0.25) is 0 Å². The van der Waals surface area contributed by atoms with Crippen molar-refractivity contribution in [1.29, 1.82) is 0 Å². The number of nitrogens with one attached hydrogen (secondary N) is 3. The molecule has 1 aromatic carbocycles. The molecular weight excluding hydrogens is 512 g/mol. The lowest BCUT2D eigenvalue weighted by atomic mass is 10.2. The van der Waals surface area contributed by atoms with Crippen LogP contribution in [0.2, 0.25) is 0 Å². The van der Waals surface area contributed by atoms with Crippen molar-refractivity contribution in [2.45, 2.75) is 25.6 Å². The van der Waals surface area contributed by atoms with Gasteiger partial charge in [0.15, 0.2) is 11.6 Å². The summed E-state index contributed by atoms with van der Waals surface area (Å²) in [5.74, 6) is -1.65. The molecular formula is C22H29F2N7O5S. The Labute approximate surface area is 217 Å². The van der Waals surface area contributed by atoms with E-state index in [0.29, 0.717) is 6.42 Å². The highest BCUT2D eigenvalue weighted by Gasteiger charge is 2.34. The van der Waals surface area contributed by atoms with Gasteiger partial charge in [-0.25, -0.2) is 23.8 Å². The molecule has 2 fully saturated rings. The number of benzene rings is 1. The normalized spacial score (nSPS) is 21.7. The highest BCUT2D eigenvalue weighted by Crippen LogP contribution is 2.31. The van der Waals surface area contributed by atoms with Gasteiger partial charge in [-0.1, -0.05) is 5.16 Å². The number of halogens is 2. The number of carbonyl (C=O) groups excluding carboxylic acids is 2. The average Bonchev–Trinajstić information content (AvgIpc) is 3.37. The van der Waals surface area contributed by atoms with E-state index in [4.69, 9.17) is 26.5 Å².